The SMILES string of the molecule is C=C(C)C1=C(C)C[C@@]2(C)C[C@@]3(C)Cc4c(C(C)C)cc(CCC(=O)OCCCCCC)c(C)c4C(=C)C3=C(C)[C@@]2(C)C1=C. The van der Waals surface area contributed by atoms with Gasteiger partial charge in [-0.1, -0.05) is 103 Å². The standard InChI is InChI=1S/C41H58O2/c1-14-15-16-17-20-43-35(42)19-18-32-21-33(25(2)3)34-23-39(11)24-40(12)22-27(6)36(26(4)5)30(9)41(40,13)31(10)38(39)29(8)37(34)28(32)7/h21,25H,4,8-9,14-20,22-24H2,1-3,5-7,10-13H3/t39-,40+,41-/m1/s1. The van der Waals surface area contributed by atoms with Gasteiger partial charge in [-0.25, -0.2) is 0 Å². The van der Waals surface area contributed by atoms with Crippen molar-refractivity contribution in [1.82, 2.24) is 0 Å². The molecule has 43 heavy (non-hydrogen) atoms. The number of unbranched alkanes of at least 4 members (excludes halogenated alkanes) is 3. The summed E-state index contributed by atoms with van der Waals surface area (Å²) in [4.78, 5) is 12.7. The number of carbonyl (C=O) groups excluding carboxylic acids is 1. The molecular weight excluding hydrogens is 524 g/mol. The van der Waals surface area contributed by atoms with Gasteiger partial charge in [-0.05, 0) is 127 Å². The predicted molar refractivity (Wildman–Crippen MR) is 184 cm³/mol. The molecule has 0 aromatic heterocycles. The molecule has 0 N–H and O–H groups in total. The van der Waals surface area contributed by atoms with Crippen LogP contribution >= 0.6 is 0 Å². The highest BCUT2D eigenvalue weighted by Gasteiger charge is 2.59. The quantitative estimate of drug-likeness (QED) is 0.203. The van der Waals surface area contributed by atoms with Gasteiger partial charge in [0.2, 0.25) is 0 Å². The Hall–Kier alpha value is -2.61. The summed E-state index contributed by atoms with van der Waals surface area (Å²) in [5.74, 6) is 0.306. The second-order valence-electron chi connectivity index (χ2n) is 15.2. The highest BCUT2D eigenvalue weighted by Crippen LogP contribution is 2.70. The van der Waals surface area contributed by atoms with Crippen molar-refractivity contribution in [3.05, 3.63) is 87.1 Å². The van der Waals surface area contributed by atoms with E-state index in [1.54, 1.807) is 0 Å². The molecule has 0 aliphatic heterocycles. The van der Waals surface area contributed by atoms with Crippen LogP contribution in [-0.2, 0) is 22.4 Å². The van der Waals surface area contributed by atoms with E-state index in [0.29, 0.717) is 25.4 Å². The second-order valence-corrected chi connectivity index (χ2v) is 15.2. The summed E-state index contributed by atoms with van der Waals surface area (Å²) in [5.41, 5.74) is 15.7. The number of esters is 1. The van der Waals surface area contributed by atoms with Crippen LogP contribution in [-0.4, -0.2) is 12.6 Å². The smallest absolute Gasteiger partial charge is 0.306 e. The molecule has 1 aromatic carbocycles. The van der Waals surface area contributed by atoms with Crippen molar-refractivity contribution in [3.8, 4) is 0 Å². The van der Waals surface area contributed by atoms with Crippen LogP contribution in [0.4, 0.5) is 0 Å². The zero-order chi connectivity index (χ0) is 32.1. The van der Waals surface area contributed by atoms with Crippen molar-refractivity contribution < 1.29 is 9.53 Å². The molecule has 3 aliphatic rings. The average molecular weight is 583 g/mol. The maximum absolute atomic E-state index is 12.7. The molecule has 0 unspecified atom stereocenters. The van der Waals surface area contributed by atoms with Crippen LogP contribution in [0.2, 0.25) is 0 Å². The van der Waals surface area contributed by atoms with Crippen LogP contribution in [0.15, 0.2) is 59.2 Å². The van der Waals surface area contributed by atoms with Crippen LogP contribution in [0, 0.1) is 23.2 Å². The minimum absolute atomic E-state index is 0.00287. The van der Waals surface area contributed by atoms with Crippen LogP contribution in [0.5, 0.6) is 0 Å². The lowest BCUT2D eigenvalue weighted by Gasteiger charge is -2.62. The average Bonchev–Trinajstić information content (AvgIpc) is 2.89. The van der Waals surface area contributed by atoms with E-state index in [4.69, 9.17) is 17.9 Å². The number of ether oxygens (including phenoxy) is 1. The minimum Gasteiger partial charge on any atom is -0.466 e. The number of hydrogen-bond donors (Lipinski definition) is 0. The lowest BCUT2D eigenvalue weighted by atomic mass is 9.41. The summed E-state index contributed by atoms with van der Waals surface area (Å²) in [6.07, 6.45) is 8.77. The number of hydrogen-bond acceptors (Lipinski definition) is 2. The van der Waals surface area contributed by atoms with Gasteiger partial charge in [-0.15, -0.1) is 0 Å². The summed E-state index contributed by atoms with van der Waals surface area (Å²) in [6, 6.07) is 2.40. The van der Waals surface area contributed by atoms with Crippen molar-refractivity contribution >= 4 is 11.5 Å². The summed E-state index contributed by atoms with van der Waals surface area (Å²) in [6.45, 7) is 37.8. The molecule has 0 saturated heterocycles. The molecule has 0 radical (unpaired) electrons. The molecule has 0 spiro atoms. The molecular formula is C41H58O2. The maximum Gasteiger partial charge on any atom is 0.306 e. The highest BCUT2D eigenvalue weighted by molar-refractivity contribution is 5.87. The molecule has 2 heteroatoms. The molecule has 0 heterocycles. The van der Waals surface area contributed by atoms with E-state index in [2.05, 4.69) is 81.9 Å². The first kappa shape index (κ1) is 33.3. The molecule has 0 fully saturated rings. The van der Waals surface area contributed by atoms with Gasteiger partial charge in [0, 0.05) is 11.8 Å². The lowest BCUT2D eigenvalue weighted by Crippen LogP contribution is -2.52. The van der Waals surface area contributed by atoms with Crippen molar-refractivity contribution in [3.63, 3.8) is 0 Å². The third-order valence-corrected chi connectivity index (χ3v) is 11.6. The molecule has 0 bridgehead atoms. The van der Waals surface area contributed by atoms with Crippen molar-refractivity contribution in [1.29, 1.82) is 0 Å². The summed E-state index contributed by atoms with van der Waals surface area (Å²) >= 11 is 0. The monoisotopic (exact) mass is 582 g/mol. The van der Waals surface area contributed by atoms with Gasteiger partial charge in [0.05, 0.1) is 6.61 Å². The van der Waals surface area contributed by atoms with Gasteiger partial charge < -0.3 is 4.74 Å². The van der Waals surface area contributed by atoms with E-state index >= 15 is 0 Å². The summed E-state index contributed by atoms with van der Waals surface area (Å²) in [7, 11) is 0. The molecule has 234 valence electrons. The first-order valence-electron chi connectivity index (χ1n) is 16.8. The fourth-order valence-electron chi connectivity index (χ4n) is 9.48. The fraction of sp³-hybridized carbons (Fsp3) is 0.585. The maximum atomic E-state index is 12.7. The third-order valence-electron chi connectivity index (χ3n) is 11.6. The largest absolute Gasteiger partial charge is 0.466 e. The van der Waals surface area contributed by atoms with E-state index in [9.17, 15) is 4.79 Å². The van der Waals surface area contributed by atoms with E-state index in [1.807, 2.05) is 0 Å². The Morgan fingerprint density at radius 2 is 1.72 bits per heavy atom. The third kappa shape index (κ3) is 5.46. The van der Waals surface area contributed by atoms with Gasteiger partial charge in [-0.2, -0.15) is 0 Å². The summed E-state index contributed by atoms with van der Waals surface area (Å²) in [5, 5.41) is 0. The van der Waals surface area contributed by atoms with Gasteiger partial charge in [-0.3, -0.25) is 4.79 Å². The second kappa shape index (κ2) is 12.1. The van der Waals surface area contributed by atoms with Crippen molar-refractivity contribution in [2.24, 2.45) is 16.2 Å². The molecule has 4 rings (SSSR count). The highest BCUT2D eigenvalue weighted by atomic mass is 16.5. The molecule has 1 aromatic rings. The molecule has 3 aliphatic carbocycles. The molecule has 0 saturated carbocycles. The van der Waals surface area contributed by atoms with E-state index < -0.39 is 0 Å². The Morgan fingerprint density at radius 3 is 2.33 bits per heavy atom. The number of carbonyl (C=O) groups is 1. The Labute approximate surface area is 263 Å². The summed E-state index contributed by atoms with van der Waals surface area (Å²) < 4.78 is 5.59. The zero-order valence-corrected chi connectivity index (χ0v) is 29.2. The normalized spacial score (nSPS) is 26.9. The Bertz CT molecular complexity index is 1430. The first-order valence-corrected chi connectivity index (χ1v) is 16.8. The molecule has 0 amide bonds. The molecule has 3 atom stereocenters. The fourth-order valence-corrected chi connectivity index (χ4v) is 9.48. The van der Waals surface area contributed by atoms with Gasteiger partial charge in [0.1, 0.15) is 0 Å². The number of allylic oxidation sites excluding steroid dienone is 7. The first-order chi connectivity index (χ1) is 20.0. The lowest BCUT2D eigenvalue weighted by molar-refractivity contribution is -0.143. The minimum atomic E-state index is -0.163. The van der Waals surface area contributed by atoms with E-state index in [-0.39, 0.29) is 22.2 Å². The van der Waals surface area contributed by atoms with E-state index in [0.717, 1.165) is 37.7 Å². The Morgan fingerprint density at radius 1 is 1.05 bits per heavy atom. The van der Waals surface area contributed by atoms with Crippen molar-refractivity contribution in [2.75, 3.05) is 6.61 Å². The number of benzene rings is 1. The van der Waals surface area contributed by atoms with Gasteiger partial charge in [0.15, 0.2) is 0 Å². The Balaban J connectivity index is 1.77. The van der Waals surface area contributed by atoms with Crippen molar-refractivity contribution in [2.45, 2.75) is 133 Å². The number of rotatable bonds is 10. The number of aryl methyl sites for hydroxylation is 1. The van der Waals surface area contributed by atoms with Crippen LogP contribution < -0.4 is 0 Å². The number of fused-ring (bicyclic) bond motifs is 3. The predicted octanol–water partition coefficient (Wildman–Crippen LogP) is 11.3. The zero-order valence-electron chi connectivity index (χ0n) is 29.2. The van der Waals surface area contributed by atoms with Crippen LogP contribution in [0.1, 0.15) is 141 Å². The van der Waals surface area contributed by atoms with Gasteiger partial charge in [0.25, 0.3) is 0 Å². The van der Waals surface area contributed by atoms with E-state index in [1.165, 1.54) is 74.1 Å². The molecule has 2 nitrogen and oxygen atoms in total. The Kier molecular flexibility index (Phi) is 9.33. The van der Waals surface area contributed by atoms with Crippen LogP contribution in [0.25, 0.3) is 5.57 Å². The topological polar surface area (TPSA) is 26.3 Å². The van der Waals surface area contributed by atoms with Crippen LogP contribution in [0.3, 0.4) is 0 Å². The van der Waals surface area contributed by atoms with Gasteiger partial charge >= 0.3 is 5.97 Å².